The Morgan fingerprint density at radius 1 is 1.26 bits per heavy atom. The summed E-state index contributed by atoms with van der Waals surface area (Å²) in [6.07, 6.45) is 0.796. The zero-order valence-corrected chi connectivity index (χ0v) is 15.8. The Labute approximate surface area is 157 Å². The van der Waals surface area contributed by atoms with Gasteiger partial charge < -0.3 is 29.3 Å². The van der Waals surface area contributed by atoms with Gasteiger partial charge in [0.25, 0.3) is 0 Å². The molecule has 2 aliphatic rings. The van der Waals surface area contributed by atoms with Gasteiger partial charge in [-0.05, 0) is 32.9 Å². The van der Waals surface area contributed by atoms with Crippen LogP contribution in [0.25, 0.3) is 0 Å². The number of aliphatic hydroxyl groups is 1. The van der Waals surface area contributed by atoms with Gasteiger partial charge in [0, 0.05) is 31.5 Å². The smallest absolute Gasteiger partial charge is 0.410 e. The second kappa shape index (κ2) is 6.92. The molecular formula is C19H25NO7. The molecule has 0 unspecified atom stereocenters. The molecule has 0 atom stereocenters. The number of aromatic carboxylic acids is 1. The van der Waals surface area contributed by atoms with Gasteiger partial charge in [-0.15, -0.1) is 0 Å². The summed E-state index contributed by atoms with van der Waals surface area (Å²) in [5.74, 6) is -0.435. The van der Waals surface area contributed by atoms with Crippen molar-refractivity contribution in [3.05, 3.63) is 23.3 Å². The van der Waals surface area contributed by atoms with E-state index in [9.17, 15) is 19.8 Å². The Morgan fingerprint density at radius 3 is 2.48 bits per heavy atom. The van der Waals surface area contributed by atoms with E-state index in [2.05, 4.69) is 0 Å². The third-order valence-electron chi connectivity index (χ3n) is 4.75. The summed E-state index contributed by atoms with van der Waals surface area (Å²) >= 11 is 0. The van der Waals surface area contributed by atoms with Gasteiger partial charge in [0.05, 0.1) is 12.2 Å². The van der Waals surface area contributed by atoms with Gasteiger partial charge in [-0.25, -0.2) is 9.59 Å². The van der Waals surface area contributed by atoms with E-state index in [0.29, 0.717) is 31.7 Å². The van der Waals surface area contributed by atoms with Gasteiger partial charge in [0.15, 0.2) is 11.5 Å². The Kier molecular flexibility index (Phi) is 4.94. The van der Waals surface area contributed by atoms with E-state index in [4.69, 9.17) is 14.2 Å². The second-order valence-electron chi connectivity index (χ2n) is 7.92. The molecule has 1 amide bonds. The van der Waals surface area contributed by atoms with Crippen molar-refractivity contribution in [3.63, 3.8) is 0 Å². The topological polar surface area (TPSA) is 106 Å². The van der Waals surface area contributed by atoms with Crippen LogP contribution in [0.15, 0.2) is 12.1 Å². The van der Waals surface area contributed by atoms with Crippen molar-refractivity contribution in [3.8, 4) is 11.5 Å². The standard InChI is InChI=1S/C19H25NO7/c1-18(2,3)27-17(24)20-8-6-19(7-9-20)11-25-15-13(10-21)12(16(22)23)4-5-14(15)26-19/h4-5,21H,6-11H2,1-3H3,(H,22,23). The number of aliphatic hydroxyl groups excluding tert-OH is 1. The van der Waals surface area contributed by atoms with Gasteiger partial charge in [-0.2, -0.15) is 0 Å². The third kappa shape index (κ3) is 3.95. The summed E-state index contributed by atoms with van der Waals surface area (Å²) in [6.45, 7) is 6.23. The quantitative estimate of drug-likeness (QED) is 0.813. The van der Waals surface area contributed by atoms with Crippen LogP contribution in [0.1, 0.15) is 49.5 Å². The second-order valence-corrected chi connectivity index (χ2v) is 7.92. The van der Waals surface area contributed by atoms with Crippen molar-refractivity contribution in [2.24, 2.45) is 0 Å². The van der Waals surface area contributed by atoms with Crippen molar-refractivity contribution < 1.29 is 34.0 Å². The normalized spacial score (nSPS) is 18.3. The highest BCUT2D eigenvalue weighted by molar-refractivity contribution is 5.90. The highest BCUT2D eigenvalue weighted by Gasteiger charge is 2.43. The van der Waals surface area contributed by atoms with Crippen molar-refractivity contribution in [2.75, 3.05) is 19.7 Å². The molecule has 1 aromatic carbocycles. The van der Waals surface area contributed by atoms with Gasteiger partial charge >= 0.3 is 12.1 Å². The molecule has 148 valence electrons. The number of amides is 1. The predicted molar refractivity (Wildman–Crippen MR) is 95.2 cm³/mol. The molecule has 0 aromatic heterocycles. The minimum absolute atomic E-state index is 0.00412. The molecule has 3 rings (SSSR count). The Morgan fingerprint density at radius 2 is 1.93 bits per heavy atom. The van der Waals surface area contributed by atoms with Crippen LogP contribution in [0.2, 0.25) is 0 Å². The SMILES string of the molecule is CC(C)(C)OC(=O)N1CCC2(CC1)COc1c(ccc(C(=O)O)c1CO)O2. The minimum atomic E-state index is -1.13. The fourth-order valence-corrected chi connectivity index (χ4v) is 3.34. The van der Waals surface area contributed by atoms with E-state index < -0.39 is 23.8 Å². The molecule has 2 heterocycles. The zero-order chi connectivity index (χ0) is 19.8. The molecule has 27 heavy (non-hydrogen) atoms. The molecule has 2 aliphatic heterocycles. The average Bonchev–Trinajstić information content (AvgIpc) is 2.59. The number of carboxylic acid groups (broad SMARTS) is 1. The molecular weight excluding hydrogens is 354 g/mol. The molecule has 1 aromatic rings. The highest BCUT2D eigenvalue weighted by atomic mass is 16.6. The predicted octanol–water partition coefficient (Wildman–Crippen LogP) is 2.42. The van der Waals surface area contributed by atoms with Crippen molar-refractivity contribution in [2.45, 2.75) is 51.4 Å². The molecule has 1 spiro atoms. The molecule has 0 aliphatic carbocycles. The Hall–Kier alpha value is -2.48. The maximum atomic E-state index is 12.2. The summed E-state index contributed by atoms with van der Waals surface area (Å²) in [4.78, 5) is 25.2. The lowest BCUT2D eigenvalue weighted by atomic mass is 9.90. The number of fused-ring (bicyclic) bond motifs is 1. The summed E-state index contributed by atoms with van der Waals surface area (Å²) in [5.41, 5.74) is -0.919. The Balaban J connectivity index is 1.72. The number of carbonyl (C=O) groups is 2. The lowest BCUT2D eigenvalue weighted by Crippen LogP contribution is -2.54. The molecule has 0 radical (unpaired) electrons. The van der Waals surface area contributed by atoms with Crippen molar-refractivity contribution in [1.29, 1.82) is 0 Å². The van der Waals surface area contributed by atoms with E-state index >= 15 is 0 Å². The number of hydrogen-bond donors (Lipinski definition) is 2. The maximum absolute atomic E-state index is 12.2. The van der Waals surface area contributed by atoms with Gasteiger partial charge in [-0.3, -0.25) is 0 Å². The van der Waals surface area contributed by atoms with Crippen molar-refractivity contribution >= 4 is 12.1 Å². The fourth-order valence-electron chi connectivity index (χ4n) is 3.34. The number of likely N-dealkylation sites (tertiary alicyclic amines) is 1. The molecule has 8 nitrogen and oxygen atoms in total. The van der Waals surface area contributed by atoms with E-state index in [-0.39, 0.29) is 29.6 Å². The van der Waals surface area contributed by atoms with Gasteiger partial charge in [0.2, 0.25) is 0 Å². The number of nitrogens with zero attached hydrogens (tertiary/aromatic N) is 1. The number of piperidine rings is 1. The van der Waals surface area contributed by atoms with E-state index in [0.717, 1.165) is 0 Å². The summed E-state index contributed by atoms with van der Waals surface area (Å²) in [6, 6.07) is 2.96. The number of carbonyl (C=O) groups excluding carboxylic acids is 1. The first kappa shape index (κ1) is 19.3. The van der Waals surface area contributed by atoms with Crippen molar-refractivity contribution in [1.82, 2.24) is 4.90 Å². The van der Waals surface area contributed by atoms with Crippen LogP contribution in [0, 0.1) is 0 Å². The van der Waals surface area contributed by atoms with Crippen LogP contribution in [0.3, 0.4) is 0 Å². The van der Waals surface area contributed by atoms with Gasteiger partial charge in [-0.1, -0.05) is 0 Å². The Bertz CT molecular complexity index is 745. The van der Waals surface area contributed by atoms with E-state index in [1.54, 1.807) is 11.0 Å². The number of hydrogen-bond acceptors (Lipinski definition) is 6. The maximum Gasteiger partial charge on any atom is 0.410 e. The lowest BCUT2D eigenvalue weighted by molar-refractivity contribution is -0.0565. The molecule has 2 N–H and O–H groups in total. The zero-order valence-electron chi connectivity index (χ0n) is 15.8. The first-order valence-corrected chi connectivity index (χ1v) is 8.94. The molecule has 1 fully saturated rings. The molecule has 8 heteroatoms. The molecule has 0 bridgehead atoms. The summed E-state index contributed by atoms with van der Waals surface area (Å²) in [7, 11) is 0. The third-order valence-corrected chi connectivity index (χ3v) is 4.75. The first-order chi connectivity index (χ1) is 12.6. The average molecular weight is 379 g/mol. The van der Waals surface area contributed by atoms with Crippen LogP contribution in [-0.2, 0) is 11.3 Å². The van der Waals surface area contributed by atoms with Crippen LogP contribution in [0.4, 0.5) is 4.79 Å². The number of carboxylic acids is 1. The van der Waals surface area contributed by atoms with Crippen LogP contribution < -0.4 is 9.47 Å². The first-order valence-electron chi connectivity index (χ1n) is 8.94. The minimum Gasteiger partial charge on any atom is -0.485 e. The number of benzene rings is 1. The van der Waals surface area contributed by atoms with Crippen LogP contribution in [0.5, 0.6) is 11.5 Å². The number of rotatable bonds is 2. The summed E-state index contributed by atoms with van der Waals surface area (Å²) < 4.78 is 17.4. The van der Waals surface area contributed by atoms with Crippen LogP contribution in [-0.4, -0.2) is 58.1 Å². The van der Waals surface area contributed by atoms with Crippen LogP contribution >= 0.6 is 0 Å². The van der Waals surface area contributed by atoms with E-state index in [1.807, 2.05) is 20.8 Å². The number of ether oxygens (including phenoxy) is 3. The molecule has 1 saturated heterocycles. The summed E-state index contributed by atoms with van der Waals surface area (Å²) in [5, 5.41) is 18.8. The lowest BCUT2D eigenvalue weighted by Gasteiger charge is -2.44. The van der Waals surface area contributed by atoms with Gasteiger partial charge in [0.1, 0.15) is 17.8 Å². The largest absolute Gasteiger partial charge is 0.485 e. The monoisotopic (exact) mass is 379 g/mol. The highest BCUT2D eigenvalue weighted by Crippen LogP contribution is 2.43. The fraction of sp³-hybridized carbons (Fsp3) is 0.579. The van der Waals surface area contributed by atoms with E-state index in [1.165, 1.54) is 6.07 Å². The molecule has 0 saturated carbocycles.